The molecule has 6 nitrogen and oxygen atoms in total. The molecule has 1 aromatic heterocycles. The molecule has 1 N–H and O–H groups in total. The van der Waals surface area contributed by atoms with Gasteiger partial charge in [-0.15, -0.1) is 5.10 Å². The third kappa shape index (κ3) is 5.35. The van der Waals surface area contributed by atoms with Crippen LogP contribution in [0.15, 0.2) is 84.0 Å². The van der Waals surface area contributed by atoms with Crippen molar-refractivity contribution in [1.82, 2.24) is 20.2 Å². The van der Waals surface area contributed by atoms with E-state index in [1.54, 1.807) is 42.5 Å². The van der Waals surface area contributed by atoms with Gasteiger partial charge >= 0.3 is 6.18 Å². The lowest BCUT2D eigenvalue weighted by Gasteiger charge is -2.18. The van der Waals surface area contributed by atoms with Crippen molar-refractivity contribution in [2.75, 3.05) is 5.32 Å². The van der Waals surface area contributed by atoms with Gasteiger partial charge in [-0.05, 0) is 46.3 Å². The molecule has 33 heavy (non-hydrogen) atoms. The monoisotopic (exact) mass is 489 g/mol. The summed E-state index contributed by atoms with van der Waals surface area (Å²) in [4.78, 5) is 13.3. The molecular formula is C22H15ClF3N5OS. The number of hydrogen-bond donors (Lipinski definition) is 1. The van der Waals surface area contributed by atoms with Crippen LogP contribution in [0.2, 0.25) is 5.02 Å². The number of rotatable bonds is 6. The predicted molar refractivity (Wildman–Crippen MR) is 119 cm³/mol. The fourth-order valence-corrected chi connectivity index (χ4v) is 4.15. The molecule has 11 heteroatoms. The van der Waals surface area contributed by atoms with Crippen molar-refractivity contribution in [2.24, 2.45) is 0 Å². The number of hydrogen-bond acceptors (Lipinski definition) is 5. The maximum atomic E-state index is 13.3. The molecule has 0 unspecified atom stereocenters. The number of nitrogens with one attached hydrogen (secondary N) is 1. The number of anilines is 1. The Morgan fingerprint density at radius 1 is 1.00 bits per heavy atom. The quantitative estimate of drug-likeness (QED) is 0.346. The first kappa shape index (κ1) is 22.8. The Kier molecular flexibility index (Phi) is 6.66. The van der Waals surface area contributed by atoms with E-state index in [1.165, 1.54) is 4.68 Å². The Morgan fingerprint density at radius 2 is 1.67 bits per heavy atom. The van der Waals surface area contributed by atoms with Crippen molar-refractivity contribution in [3.8, 4) is 5.69 Å². The number of benzene rings is 3. The maximum Gasteiger partial charge on any atom is 0.416 e. The Labute approximate surface area is 195 Å². The molecule has 0 bridgehead atoms. The van der Waals surface area contributed by atoms with Crippen molar-refractivity contribution in [1.29, 1.82) is 0 Å². The fraction of sp³-hybridized carbons (Fsp3) is 0.0909. The van der Waals surface area contributed by atoms with Crippen LogP contribution in [0.5, 0.6) is 0 Å². The molecule has 168 valence electrons. The standard InChI is InChI=1S/C22H15ClF3N5OS/c23-17-12-11-15(22(24,25)26)13-18(17)27-20(32)19(14-7-3-1-4-8-14)33-21-28-29-30-31(21)16-9-5-2-6-10-16/h1-13,19H,(H,27,32)/t19-/m0/s1. The van der Waals surface area contributed by atoms with Crippen molar-refractivity contribution in [2.45, 2.75) is 16.6 Å². The molecule has 0 fully saturated rings. The van der Waals surface area contributed by atoms with Gasteiger partial charge in [0.05, 0.1) is 22.0 Å². The fourth-order valence-electron chi connectivity index (χ4n) is 2.99. The molecule has 0 spiro atoms. The zero-order valence-electron chi connectivity index (χ0n) is 16.7. The van der Waals surface area contributed by atoms with Crippen LogP contribution in [0.1, 0.15) is 16.4 Å². The average Bonchev–Trinajstić information content (AvgIpc) is 3.27. The third-order valence-electron chi connectivity index (χ3n) is 4.56. The van der Waals surface area contributed by atoms with Gasteiger partial charge in [0.2, 0.25) is 11.1 Å². The smallest absolute Gasteiger partial charge is 0.323 e. The summed E-state index contributed by atoms with van der Waals surface area (Å²) in [7, 11) is 0. The number of carbonyl (C=O) groups excluding carboxylic acids is 1. The van der Waals surface area contributed by atoms with E-state index in [1.807, 2.05) is 18.2 Å². The number of amides is 1. The van der Waals surface area contributed by atoms with E-state index in [2.05, 4.69) is 20.8 Å². The van der Waals surface area contributed by atoms with Crippen LogP contribution in [-0.2, 0) is 11.0 Å². The SMILES string of the molecule is O=C(Nc1cc(C(F)(F)F)ccc1Cl)[C@@H](Sc1nnnn1-c1ccccc1)c1ccccc1. The molecule has 3 aromatic carbocycles. The van der Waals surface area contributed by atoms with E-state index in [-0.39, 0.29) is 10.7 Å². The van der Waals surface area contributed by atoms with Gasteiger partial charge < -0.3 is 5.32 Å². The predicted octanol–water partition coefficient (Wildman–Crippen LogP) is 5.81. The van der Waals surface area contributed by atoms with Crippen LogP contribution in [0, 0.1) is 0 Å². The Morgan fingerprint density at radius 3 is 2.33 bits per heavy atom. The second-order valence-electron chi connectivity index (χ2n) is 6.80. The Bertz CT molecular complexity index is 1250. The van der Waals surface area contributed by atoms with Crippen LogP contribution < -0.4 is 5.32 Å². The lowest BCUT2D eigenvalue weighted by molar-refractivity contribution is -0.137. The molecule has 0 aliphatic rings. The van der Waals surface area contributed by atoms with Crippen LogP contribution in [0.3, 0.4) is 0 Å². The number of halogens is 4. The van der Waals surface area contributed by atoms with E-state index >= 15 is 0 Å². The van der Waals surface area contributed by atoms with E-state index in [0.29, 0.717) is 16.4 Å². The summed E-state index contributed by atoms with van der Waals surface area (Å²) < 4.78 is 40.9. The van der Waals surface area contributed by atoms with Crippen molar-refractivity contribution in [3.63, 3.8) is 0 Å². The van der Waals surface area contributed by atoms with Gasteiger partial charge in [-0.2, -0.15) is 17.9 Å². The Hall–Kier alpha value is -3.37. The lowest BCUT2D eigenvalue weighted by atomic mass is 10.1. The summed E-state index contributed by atoms with van der Waals surface area (Å²) in [5.41, 5.74) is 0.253. The van der Waals surface area contributed by atoms with Crippen LogP contribution in [0.25, 0.3) is 5.69 Å². The zero-order valence-corrected chi connectivity index (χ0v) is 18.3. The summed E-state index contributed by atoms with van der Waals surface area (Å²) in [5, 5.41) is 13.7. The molecule has 1 amide bonds. The molecule has 0 radical (unpaired) electrons. The molecule has 0 aliphatic heterocycles. The highest BCUT2D eigenvalue weighted by Crippen LogP contribution is 2.38. The topological polar surface area (TPSA) is 72.7 Å². The summed E-state index contributed by atoms with van der Waals surface area (Å²) in [6.45, 7) is 0. The van der Waals surface area contributed by atoms with Crippen molar-refractivity contribution < 1.29 is 18.0 Å². The summed E-state index contributed by atoms with van der Waals surface area (Å²) >= 11 is 7.13. The van der Waals surface area contributed by atoms with Gasteiger partial charge in [0.1, 0.15) is 5.25 Å². The molecular weight excluding hydrogens is 475 g/mol. The first-order valence-corrected chi connectivity index (χ1v) is 10.8. The molecule has 0 saturated carbocycles. The number of nitrogens with zero attached hydrogens (tertiary/aromatic N) is 4. The van der Waals surface area contributed by atoms with Gasteiger partial charge in [-0.1, -0.05) is 71.9 Å². The van der Waals surface area contributed by atoms with E-state index in [4.69, 9.17) is 11.6 Å². The van der Waals surface area contributed by atoms with Crippen LogP contribution in [-0.4, -0.2) is 26.1 Å². The molecule has 4 rings (SSSR count). The van der Waals surface area contributed by atoms with Gasteiger partial charge in [0.25, 0.3) is 0 Å². The number of aromatic nitrogens is 4. The number of alkyl halides is 3. The Balaban J connectivity index is 1.66. The maximum absolute atomic E-state index is 13.3. The minimum absolute atomic E-state index is 0.0118. The molecule has 1 atom stereocenters. The van der Waals surface area contributed by atoms with Gasteiger partial charge in [-0.25, -0.2) is 0 Å². The highest BCUT2D eigenvalue weighted by Gasteiger charge is 2.32. The van der Waals surface area contributed by atoms with Crippen LogP contribution >= 0.6 is 23.4 Å². The van der Waals surface area contributed by atoms with Crippen LogP contribution in [0.4, 0.5) is 18.9 Å². The normalized spacial score (nSPS) is 12.4. The highest BCUT2D eigenvalue weighted by molar-refractivity contribution is 8.00. The van der Waals surface area contributed by atoms with E-state index in [9.17, 15) is 18.0 Å². The lowest BCUT2D eigenvalue weighted by Crippen LogP contribution is -2.20. The number of thioether (sulfide) groups is 1. The summed E-state index contributed by atoms with van der Waals surface area (Å²) in [6, 6.07) is 20.6. The first-order valence-electron chi connectivity index (χ1n) is 9.56. The van der Waals surface area contributed by atoms with E-state index < -0.39 is 22.9 Å². The molecule has 0 saturated heterocycles. The summed E-state index contributed by atoms with van der Waals surface area (Å²) in [6.07, 6.45) is -4.57. The highest BCUT2D eigenvalue weighted by atomic mass is 35.5. The van der Waals surface area contributed by atoms with Crippen molar-refractivity contribution >= 4 is 35.0 Å². The van der Waals surface area contributed by atoms with Crippen molar-refractivity contribution in [3.05, 3.63) is 95.0 Å². The van der Waals surface area contributed by atoms with Gasteiger partial charge in [-0.3, -0.25) is 4.79 Å². The van der Waals surface area contributed by atoms with Gasteiger partial charge in [0, 0.05) is 0 Å². The van der Waals surface area contributed by atoms with Gasteiger partial charge in [0.15, 0.2) is 0 Å². The largest absolute Gasteiger partial charge is 0.416 e. The molecule has 4 aromatic rings. The minimum atomic E-state index is -4.57. The summed E-state index contributed by atoms with van der Waals surface area (Å²) in [5.74, 6) is -0.574. The first-order chi connectivity index (χ1) is 15.8. The minimum Gasteiger partial charge on any atom is -0.323 e. The average molecular weight is 490 g/mol. The number of tetrazole rings is 1. The number of carbonyl (C=O) groups is 1. The zero-order chi connectivity index (χ0) is 23.4. The second-order valence-corrected chi connectivity index (χ2v) is 8.28. The third-order valence-corrected chi connectivity index (χ3v) is 6.07. The molecule has 1 heterocycles. The molecule has 0 aliphatic carbocycles. The van der Waals surface area contributed by atoms with E-state index in [0.717, 1.165) is 30.0 Å². The second kappa shape index (κ2) is 9.63. The number of para-hydroxylation sites is 1.